The van der Waals surface area contributed by atoms with Crippen LogP contribution in [0.25, 0.3) is 0 Å². The van der Waals surface area contributed by atoms with Gasteiger partial charge in [0.05, 0.1) is 12.4 Å². The summed E-state index contributed by atoms with van der Waals surface area (Å²) in [6, 6.07) is 0. The Labute approximate surface area is 57.0 Å². The van der Waals surface area contributed by atoms with Crippen LogP contribution in [0.1, 0.15) is 13.3 Å². The molecular formula is C5H12O3S. The van der Waals surface area contributed by atoms with Gasteiger partial charge in [-0.15, -0.1) is 0 Å². The maximum atomic E-state index is 9.92. The fourth-order valence-corrected chi connectivity index (χ4v) is 0.664. The monoisotopic (exact) mass is 152 g/mol. The number of rotatable bonds is 5. The summed E-state index contributed by atoms with van der Waals surface area (Å²) < 4.78 is 24.7. The molecule has 0 radical (unpaired) electrons. The molecule has 0 atom stereocenters. The van der Waals surface area contributed by atoms with E-state index in [1.807, 2.05) is 6.92 Å². The van der Waals surface area contributed by atoms with Crippen molar-refractivity contribution in [2.45, 2.75) is 13.3 Å². The van der Waals surface area contributed by atoms with Crippen LogP contribution in [0.15, 0.2) is 0 Å². The Kier molecular flexibility index (Phi) is 5.98. The third-order valence-electron chi connectivity index (χ3n) is 0.767. The quantitative estimate of drug-likeness (QED) is 0.446. The van der Waals surface area contributed by atoms with Crippen molar-refractivity contribution >= 4 is 10.7 Å². The predicted molar refractivity (Wildman–Crippen MR) is 36.3 cm³/mol. The molecule has 56 valence electrons. The molecule has 0 amide bonds. The summed E-state index contributed by atoms with van der Waals surface area (Å²) in [6.45, 7) is 2.98. The van der Waals surface area contributed by atoms with Crippen LogP contribution in [0, 0.1) is 0 Å². The molecule has 0 spiro atoms. The lowest BCUT2D eigenvalue weighted by Crippen LogP contribution is -2.01. The Balaban J connectivity index is 2.92. The molecule has 4 heteroatoms. The van der Waals surface area contributed by atoms with Crippen molar-refractivity contribution in [3.05, 3.63) is 0 Å². The highest BCUT2D eigenvalue weighted by atomic mass is 32.2. The third kappa shape index (κ3) is 7.91. The van der Waals surface area contributed by atoms with E-state index in [4.69, 9.17) is 4.74 Å². The Bertz CT molecular complexity index is 111. The summed E-state index contributed by atoms with van der Waals surface area (Å²) in [5, 5.41) is 0. The molecule has 0 heterocycles. The van der Waals surface area contributed by atoms with Gasteiger partial charge in [0, 0.05) is 6.61 Å². The number of hydrogen-bond acceptors (Lipinski definition) is 3. The van der Waals surface area contributed by atoms with Crippen LogP contribution in [0.3, 0.4) is 0 Å². The van der Waals surface area contributed by atoms with Gasteiger partial charge in [-0.1, -0.05) is 6.92 Å². The van der Waals surface area contributed by atoms with Gasteiger partial charge in [0.1, 0.15) is 10.7 Å². The van der Waals surface area contributed by atoms with Crippen LogP contribution in [-0.2, 0) is 15.4 Å². The normalized spacial score (nSPS) is 10.4. The first kappa shape index (κ1) is 8.91. The van der Waals surface area contributed by atoms with E-state index in [1.54, 1.807) is 0 Å². The molecule has 3 nitrogen and oxygen atoms in total. The first-order chi connectivity index (χ1) is 4.27. The van der Waals surface area contributed by atoms with Crippen molar-refractivity contribution in [2.24, 2.45) is 0 Å². The molecule has 0 aliphatic rings. The van der Waals surface area contributed by atoms with Gasteiger partial charge in [-0.05, 0) is 6.42 Å². The fraction of sp³-hybridized carbons (Fsp3) is 1.00. The molecule has 0 unspecified atom stereocenters. The summed E-state index contributed by atoms with van der Waals surface area (Å²) in [5.41, 5.74) is 0. The number of ether oxygens (including phenoxy) is 1. The minimum atomic E-state index is -2.24. The van der Waals surface area contributed by atoms with Gasteiger partial charge < -0.3 is 4.74 Å². The van der Waals surface area contributed by atoms with Crippen LogP contribution in [0.4, 0.5) is 0 Å². The third-order valence-corrected chi connectivity index (χ3v) is 1.31. The molecule has 0 saturated carbocycles. The molecule has 0 aliphatic carbocycles. The van der Waals surface area contributed by atoms with Crippen molar-refractivity contribution in [3.63, 3.8) is 0 Å². The first-order valence-electron chi connectivity index (χ1n) is 2.97. The summed E-state index contributed by atoms with van der Waals surface area (Å²) in [5.74, 6) is 0.148. The van der Waals surface area contributed by atoms with Crippen LogP contribution < -0.4 is 0 Å². The van der Waals surface area contributed by atoms with Gasteiger partial charge in [0.15, 0.2) is 0 Å². The van der Waals surface area contributed by atoms with E-state index in [1.165, 1.54) is 0 Å². The van der Waals surface area contributed by atoms with Gasteiger partial charge in [-0.3, -0.25) is 0 Å². The molecule has 0 fully saturated rings. The lowest BCUT2D eigenvalue weighted by Gasteiger charge is -1.95. The standard InChI is InChI=1S/C5H12O3S/c1-2-3-8-4-5-9(6)7/h9H,2-5H2,1H3. The van der Waals surface area contributed by atoms with Crippen LogP contribution in [0.2, 0.25) is 0 Å². The second kappa shape index (κ2) is 6.04. The highest BCUT2D eigenvalue weighted by molar-refractivity contribution is 7.72. The maximum Gasteiger partial charge on any atom is 0.142 e. The molecule has 0 bridgehead atoms. The molecule has 0 aromatic heterocycles. The van der Waals surface area contributed by atoms with Crippen molar-refractivity contribution < 1.29 is 13.2 Å². The second-order valence-electron chi connectivity index (χ2n) is 1.67. The molecule has 9 heavy (non-hydrogen) atoms. The largest absolute Gasteiger partial charge is 0.380 e. The zero-order chi connectivity index (χ0) is 7.11. The van der Waals surface area contributed by atoms with Crippen LogP contribution in [0.5, 0.6) is 0 Å². The molecule has 0 saturated heterocycles. The molecule has 0 aromatic carbocycles. The average molecular weight is 152 g/mol. The molecule has 0 aliphatic heterocycles. The average Bonchev–Trinajstić information content (AvgIpc) is 1.80. The maximum absolute atomic E-state index is 9.92. The van der Waals surface area contributed by atoms with Crippen LogP contribution in [-0.4, -0.2) is 27.4 Å². The van der Waals surface area contributed by atoms with E-state index < -0.39 is 10.7 Å². The Morgan fingerprint density at radius 3 is 2.44 bits per heavy atom. The van der Waals surface area contributed by atoms with Crippen molar-refractivity contribution in [3.8, 4) is 0 Å². The van der Waals surface area contributed by atoms with Gasteiger partial charge in [0.25, 0.3) is 0 Å². The van der Waals surface area contributed by atoms with Gasteiger partial charge in [-0.2, -0.15) is 0 Å². The lowest BCUT2D eigenvalue weighted by molar-refractivity contribution is 0.150. The van der Waals surface area contributed by atoms with E-state index >= 15 is 0 Å². The molecular weight excluding hydrogens is 140 g/mol. The zero-order valence-electron chi connectivity index (χ0n) is 5.50. The van der Waals surface area contributed by atoms with E-state index in [9.17, 15) is 8.42 Å². The first-order valence-corrected chi connectivity index (χ1v) is 4.33. The molecule has 0 rings (SSSR count). The van der Waals surface area contributed by atoms with Crippen molar-refractivity contribution in [1.82, 2.24) is 0 Å². The van der Waals surface area contributed by atoms with E-state index in [0.29, 0.717) is 13.2 Å². The fourth-order valence-electron chi connectivity index (χ4n) is 0.385. The van der Waals surface area contributed by atoms with Crippen LogP contribution >= 0.6 is 0 Å². The summed E-state index contributed by atoms with van der Waals surface area (Å²) in [6.07, 6.45) is 0.940. The zero-order valence-corrected chi connectivity index (χ0v) is 6.39. The summed E-state index contributed by atoms with van der Waals surface area (Å²) in [7, 11) is -2.24. The highest BCUT2D eigenvalue weighted by Crippen LogP contribution is 1.79. The highest BCUT2D eigenvalue weighted by Gasteiger charge is 1.86. The van der Waals surface area contributed by atoms with Gasteiger partial charge >= 0.3 is 0 Å². The topological polar surface area (TPSA) is 43.4 Å². The molecule has 0 aromatic rings. The minimum absolute atomic E-state index is 0.148. The van der Waals surface area contributed by atoms with Crippen molar-refractivity contribution in [2.75, 3.05) is 19.0 Å². The Morgan fingerprint density at radius 1 is 1.33 bits per heavy atom. The summed E-state index contributed by atoms with van der Waals surface area (Å²) >= 11 is 0. The second-order valence-corrected chi connectivity index (χ2v) is 2.78. The van der Waals surface area contributed by atoms with Gasteiger partial charge in [-0.25, -0.2) is 8.42 Å². The smallest absolute Gasteiger partial charge is 0.142 e. The van der Waals surface area contributed by atoms with E-state index in [-0.39, 0.29) is 5.75 Å². The Hall–Kier alpha value is -0.0900. The number of hydrogen-bond donors (Lipinski definition) is 1. The number of thiol groups is 1. The van der Waals surface area contributed by atoms with Gasteiger partial charge in [0.2, 0.25) is 0 Å². The lowest BCUT2D eigenvalue weighted by atomic mass is 10.5. The predicted octanol–water partition coefficient (Wildman–Crippen LogP) is 0.0244. The minimum Gasteiger partial charge on any atom is -0.380 e. The molecule has 0 N–H and O–H groups in total. The van der Waals surface area contributed by atoms with Crippen molar-refractivity contribution in [1.29, 1.82) is 0 Å². The summed E-state index contributed by atoms with van der Waals surface area (Å²) in [4.78, 5) is 0. The van der Waals surface area contributed by atoms with E-state index in [2.05, 4.69) is 0 Å². The Morgan fingerprint density at radius 2 is 2.00 bits per heavy atom. The SMILES string of the molecule is CCCOCC[SH](=O)=O. The van der Waals surface area contributed by atoms with E-state index in [0.717, 1.165) is 6.42 Å².